The normalized spacial score (nSPS) is 21.9. The minimum Gasteiger partial charge on any atom is -0.302 e. The third-order valence-corrected chi connectivity index (χ3v) is 6.30. The van der Waals surface area contributed by atoms with Crippen molar-refractivity contribution in [2.24, 2.45) is 5.92 Å². The summed E-state index contributed by atoms with van der Waals surface area (Å²) in [7, 11) is 0. The molecule has 0 bridgehead atoms. The summed E-state index contributed by atoms with van der Waals surface area (Å²) < 4.78 is 0. The van der Waals surface area contributed by atoms with Crippen LogP contribution >= 0.6 is 0 Å². The van der Waals surface area contributed by atoms with E-state index in [1.807, 2.05) is 12.4 Å². The molecular weight excluding hydrogens is 316 g/mol. The molecule has 1 saturated carbocycles. The highest BCUT2D eigenvalue weighted by Crippen LogP contribution is 2.59. The van der Waals surface area contributed by atoms with Crippen molar-refractivity contribution < 1.29 is 0 Å². The summed E-state index contributed by atoms with van der Waals surface area (Å²) in [4.78, 5) is 6.76. The Balaban J connectivity index is 1.32. The Hall–Kier alpha value is -2.45. The summed E-state index contributed by atoms with van der Waals surface area (Å²) in [5.41, 5.74) is 4.60. The van der Waals surface area contributed by atoms with E-state index in [4.69, 9.17) is 0 Å². The van der Waals surface area contributed by atoms with E-state index in [0.29, 0.717) is 11.8 Å². The molecule has 2 aliphatic rings. The zero-order valence-corrected chi connectivity index (χ0v) is 15.0. The molecule has 1 aromatic heterocycles. The number of hydrogen-bond donors (Lipinski definition) is 0. The van der Waals surface area contributed by atoms with Crippen LogP contribution in [0.3, 0.4) is 0 Å². The number of aromatic nitrogens is 1. The lowest BCUT2D eigenvalue weighted by molar-refractivity contribution is 0.138. The van der Waals surface area contributed by atoms with Crippen molar-refractivity contribution in [1.29, 1.82) is 0 Å². The SMILES string of the molecule is c1ccc(C2(c3ccccc3)C[C@H]2CN2CC(c3ccncc3)C2)cc1. The summed E-state index contributed by atoms with van der Waals surface area (Å²) in [6.45, 7) is 3.56. The van der Waals surface area contributed by atoms with Gasteiger partial charge in [-0.15, -0.1) is 0 Å². The fourth-order valence-electron chi connectivity index (χ4n) is 4.77. The maximum absolute atomic E-state index is 4.14. The van der Waals surface area contributed by atoms with Crippen molar-refractivity contribution >= 4 is 0 Å². The van der Waals surface area contributed by atoms with Crippen LogP contribution in [-0.4, -0.2) is 29.5 Å². The molecule has 0 amide bonds. The molecule has 2 fully saturated rings. The molecule has 0 unspecified atom stereocenters. The molecule has 2 heterocycles. The number of hydrogen-bond acceptors (Lipinski definition) is 2. The van der Waals surface area contributed by atoms with E-state index in [2.05, 4.69) is 82.7 Å². The zero-order chi connectivity index (χ0) is 17.4. The molecule has 5 rings (SSSR count). The molecule has 1 aliphatic heterocycles. The molecule has 0 radical (unpaired) electrons. The Labute approximate surface area is 155 Å². The van der Waals surface area contributed by atoms with Gasteiger partial charge < -0.3 is 4.90 Å². The first-order chi connectivity index (χ1) is 12.9. The van der Waals surface area contributed by atoms with E-state index in [1.165, 1.54) is 42.7 Å². The van der Waals surface area contributed by atoms with Crippen LogP contribution in [0.4, 0.5) is 0 Å². The standard InChI is InChI=1S/C24H24N2/c1-3-7-21(8-4-1)24(22-9-5-2-6-10-22)15-23(24)18-26-16-20(17-26)19-11-13-25-14-12-19/h1-14,20,23H,15-18H2/t23-/m0/s1. The van der Waals surface area contributed by atoms with Crippen molar-refractivity contribution in [2.45, 2.75) is 17.8 Å². The van der Waals surface area contributed by atoms with Gasteiger partial charge in [-0.2, -0.15) is 0 Å². The Morgan fingerprint density at radius 2 is 1.38 bits per heavy atom. The summed E-state index contributed by atoms with van der Waals surface area (Å²) in [6.07, 6.45) is 5.08. The first kappa shape index (κ1) is 15.8. The van der Waals surface area contributed by atoms with Crippen LogP contribution < -0.4 is 0 Å². The number of likely N-dealkylation sites (tertiary alicyclic amines) is 1. The number of nitrogens with zero attached hydrogens (tertiary/aromatic N) is 2. The third kappa shape index (κ3) is 2.65. The average molecular weight is 340 g/mol. The van der Waals surface area contributed by atoms with Crippen molar-refractivity contribution in [3.05, 3.63) is 102 Å². The molecular formula is C24H24N2. The Morgan fingerprint density at radius 1 is 0.808 bits per heavy atom. The van der Waals surface area contributed by atoms with E-state index in [9.17, 15) is 0 Å². The largest absolute Gasteiger partial charge is 0.302 e. The molecule has 130 valence electrons. The topological polar surface area (TPSA) is 16.1 Å². The molecule has 2 nitrogen and oxygen atoms in total. The molecule has 0 spiro atoms. The first-order valence-corrected chi connectivity index (χ1v) is 9.59. The molecule has 3 aromatic rings. The van der Waals surface area contributed by atoms with Gasteiger partial charge in [-0.3, -0.25) is 4.98 Å². The third-order valence-electron chi connectivity index (χ3n) is 6.30. The lowest BCUT2D eigenvalue weighted by Crippen LogP contribution is -2.46. The van der Waals surface area contributed by atoms with E-state index in [-0.39, 0.29) is 5.41 Å². The highest BCUT2D eigenvalue weighted by molar-refractivity contribution is 5.47. The second-order valence-electron chi connectivity index (χ2n) is 7.80. The van der Waals surface area contributed by atoms with Gasteiger partial charge in [0, 0.05) is 43.4 Å². The molecule has 26 heavy (non-hydrogen) atoms. The molecule has 1 saturated heterocycles. The van der Waals surface area contributed by atoms with Crippen LogP contribution in [0.1, 0.15) is 29.0 Å². The lowest BCUT2D eigenvalue weighted by atomic mass is 9.85. The second kappa shape index (κ2) is 6.37. The number of rotatable bonds is 5. The van der Waals surface area contributed by atoms with Crippen molar-refractivity contribution in [3.8, 4) is 0 Å². The predicted molar refractivity (Wildman–Crippen MR) is 105 cm³/mol. The van der Waals surface area contributed by atoms with Crippen LogP contribution in [0.5, 0.6) is 0 Å². The average Bonchev–Trinajstić information content (AvgIpc) is 3.42. The zero-order valence-electron chi connectivity index (χ0n) is 15.0. The molecule has 1 aliphatic carbocycles. The minimum absolute atomic E-state index is 0.213. The van der Waals surface area contributed by atoms with Gasteiger partial charge in [0.25, 0.3) is 0 Å². The summed E-state index contributed by atoms with van der Waals surface area (Å²) in [5.74, 6) is 1.39. The second-order valence-corrected chi connectivity index (χ2v) is 7.80. The van der Waals surface area contributed by atoms with Crippen molar-refractivity contribution in [2.75, 3.05) is 19.6 Å². The van der Waals surface area contributed by atoms with Crippen LogP contribution in [0.2, 0.25) is 0 Å². The van der Waals surface area contributed by atoms with Crippen LogP contribution in [0.25, 0.3) is 0 Å². The highest BCUT2D eigenvalue weighted by Gasteiger charge is 2.56. The van der Waals surface area contributed by atoms with Gasteiger partial charge >= 0.3 is 0 Å². The fraction of sp³-hybridized carbons (Fsp3) is 0.292. The van der Waals surface area contributed by atoms with Crippen LogP contribution in [0, 0.1) is 5.92 Å². The van der Waals surface area contributed by atoms with Crippen molar-refractivity contribution in [1.82, 2.24) is 9.88 Å². The van der Waals surface area contributed by atoms with Gasteiger partial charge in [-0.25, -0.2) is 0 Å². The maximum atomic E-state index is 4.14. The van der Waals surface area contributed by atoms with Crippen LogP contribution in [0.15, 0.2) is 85.2 Å². The van der Waals surface area contributed by atoms with Crippen molar-refractivity contribution in [3.63, 3.8) is 0 Å². The first-order valence-electron chi connectivity index (χ1n) is 9.59. The van der Waals surface area contributed by atoms with Gasteiger partial charge in [0.05, 0.1) is 0 Å². The maximum Gasteiger partial charge on any atom is 0.0270 e. The monoisotopic (exact) mass is 340 g/mol. The Morgan fingerprint density at radius 3 is 1.96 bits per heavy atom. The predicted octanol–water partition coefficient (Wildman–Crippen LogP) is 4.49. The molecule has 0 N–H and O–H groups in total. The van der Waals surface area contributed by atoms with E-state index in [0.717, 1.165) is 0 Å². The Bertz CT molecular complexity index is 815. The molecule has 2 aromatic carbocycles. The summed E-state index contributed by atoms with van der Waals surface area (Å²) in [5, 5.41) is 0. The molecule has 2 heteroatoms. The summed E-state index contributed by atoms with van der Waals surface area (Å²) >= 11 is 0. The number of pyridine rings is 1. The van der Waals surface area contributed by atoms with Gasteiger partial charge in [0.1, 0.15) is 0 Å². The van der Waals surface area contributed by atoms with E-state index < -0.39 is 0 Å². The molecule has 1 atom stereocenters. The van der Waals surface area contributed by atoms with Gasteiger partial charge in [-0.05, 0) is 41.2 Å². The smallest absolute Gasteiger partial charge is 0.0270 e. The van der Waals surface area contributed by atoms with E-state index >= 15 is 0 Å². The minimum atomic E-state index is 0.213. The lowest BCUT2D eigenvalue weighted by Gasteiger charge is -2.40. The number of benzene rings is 2. The van der Waals surface area contributed by atoms with Gasteiger partial charge in [-0.1, -0.05) is 60.7 Å². The van der Waals surface area contributed by atoms with Gasteiger partial charge in [0.15, 0.2) is 0 Å². The quantitative estimate of drug-likeness (QED) is 0.680. The Kier molecular flexibility index (Phi) is 3.86. The summed E-state index contributed by atoms with van der Waals surface area (Å²) in [6, 6.07) is 26.5. The fourth-order valence-corrected chi connectivity index (χ4v) is 4.77. The van der Waals surface area contributed by atoms with E-state index in [1.54, 1.807) is 0 Å². The van der Waals surface area contributed by atoms with Crippen LogP contribution in [-0.2, 0) is 5.41 Å². The highest BCUT2D eigenvalue weighted by atomic mass is 15.2. The van der Waals surface area contributed by atoms with Gasteiger partial charge in [0.2, 0.25) is 0 Å².